The fourth-order valence-electron chi connectivity index (χ4n) is 4.47. The highest BCUT2D eigenvalue weighted by atomic mass is 16.5. The number of aliphatic imine (C=N–C) groups is 1. The van der Waals surface area contributed by atoms with Gasteiger partial charge in [0, 0.05) is 59.2 Å². The van der Waals surface area contributed by atoms with E-state index in [-0.39, 0.29) is 0 Å². The Kier molecular flexibility index (Phi) is 8.75. The van der Waals surface area contributed by atoms with Crippen molar-refractivity contribution in [2.45, 2.75) is 45.6 Å². The van der Waals surface area contributed by atoms with E-state index in [1.54, 1.807) is 7.11 Å². The van der Waals surface area contributed by atoms with Gasteiger partial charge >= 0.3 is 0 Å². The van der Waals surface area contributed by atoms with Crippen LogP contribution in [-0.4, -0.2) is 75.9 Å². The van der Waals surface area contributed by atoms with E-state index in [1.165, 1.54) is 25.7 Å². The molecule has 0 bridgehead atoms. The topological polar surface area (TPSA) is 65.0 Å². The van der Waals surface area contributed by atoms with Crippen molar-refractivity contribution < 1.29 is 4.74 Å². The number of hydrogen-bond acceptors (Lipinski definition) is 5. The van der Waals surface area contributed by atoms with Gasteiger partial charge in [0.1, 0.15) is 5.82 Å². The van der Waals surface area contributed by atoms with Gasteiger partial charge in [-0.1, -0.05) is 18.9 Å². The molecule has 0 amide bonds. The number of aromatic nitrogens is 1. The quantitative estimate of drug-likeness (QED) is 0.476. The maximum atomic E-state index is 5.36. The fourth-order valence-corrected chi connectivity index (χ4v) is 4.47. The van der Waals surface area contributed by atoms with Gasteiger partial charge in [-0.25, -0.2) is 9.98 Å². The number of nitrogens with one attached hydrogen (secondary N) is 2. The third kappa shape index (κ3) is 6.57. The molecule has 1 saturated heterocycles. The summed E-state index contributed by atoms with van der Waals surface area (Å²) in [5.74, 6) is 1.96. The lowest BCUT2D eigenvalue weighted by Gasteiger charge is -2.33. The fraction of sp³-hybridized carbons (Fsp3) is 0.739. The summed E-state index contributed by atoms with van der Waals surface area (Å²) < 4.78 is 5.36. The molecule has 2 heterocycles. The van der Waals surface area contributed by atoms with Crippen LogP contribution in [0.3, 0.4) is 0 Å². The molecule has 1 aromatic rings. The van der Waals surface area contributed by atoms with Gasteiger partial charge in [0.2, 0.25) is 0 Å². The molecule has 30 heavy (non-hydrogen) atoms. The Balaban J connectivity index is 1.54. The van der Waals surface area contributed by atoms with Crippen LogP contribution in [0.4, 0.5) is 5.82 Å². The predicted octanol–water partition coefficient (Wildman–Crippen LogP) is 2.49. The lowest BCUT2D eigenvalue weighted by molar-refractivity contribution is 0.138. The summed E-state index contributed by atoms with van der Waals surface area (Å²) in [7, 11) is 3.97. The number of rotatable bonds is 9. The van der Waals surface area contributed by atoms with Crippen LogP contribution in [0.2, 0.25) is 0 Å². The molecule has 0 aromatic carbocycles. The van der Waals surface area contributed by atoms with Gasteiger partial charge < -0.3 is 25.2 Å². The average Bonchev–Trinajstić information content (AvgIpc) is 3.24. The summed E-state index contributed by atoms with van der Waals surface area (Å²) in [5, 5.41) is 6.99. The molecule has 1 saturated carbocycles. The van der Waals surface area contributed by atoms with E-state index in [0.717, 1.165) is 69.6 Å². The van der Waals surface area contributed by atoms with Gasteiger partial charge in [-0.15, -0.1) is 0 Å². The zero-order valence-electron chi connectivity index (χ0n) is 19.1. The van der Waals surface area contributed by atoms with Crippen LogP contribution in [0.25, 0.3) is 0 Å². The van der Waals surface area contributed by atoms with Crippen molar-refractivity contribution in [3.05, 3.63) is 23.9 Å². The lowest BCUT2D eigenvalue weighted by atomic mass is 9.83. The standard InChI is InChI=1S/C23H40N6O/c1-4-24-22(27-19-23(11-16-30-3)9-5-6-10-23)26-18-20-7-8-21(25-17-20)29-14-12-28(2)13-15-29/h7-8,17H,4-6,9-16,18-19H2,1-3H3,(H2,24,26,27). The van der Waals surface area contributed by atoms with Crippen LogP contribution >= 0.6 is 0 Å². The monoisotopic (exact) mass is 416 g/mol. The van der Waals surface area contributed by atoms with E-state index in [1.807, 2.05) is 6.20 Å². The molecule has 2 aliphatic rings. The van der Waals surface area contributed by atoms with Crippen LogP contribution in [0.1, 0.15) is 44.6 Å². The number of nitrogens with zero attached hydrogens (tertiary/aromatic N) is 4. The van der Waals surface area contributed by atoms with Gasteiger partial charge in [-0.2, -0.15) is 0 Å². The Labute approximate surface area is 182 Å². The minimum Gasteiger partial charge on any atom is -0.385 e. The van der Waals surface area contributed by atoms with Gasteiger partial charge in [-0.05, 0) is 50.3 Å². The Hall–Kier alpha value is -1.86. The first-order chi connectivity index (χ1) is 14.6. The largest absolute Gasteiger partial charge is 0.385 e. The highest BCUT2D eigenvalue weighted by molar-refractivity contribution is 5.79. The first kappa shape index (κ1) is 22.8. The van der Waals surface area contributed by atoms with E-state index < -0.39 is 0 Å². The third-order valence-electron chi connectivity index (χ3n) is 6.53. The molecule has 7 heteroatoms. The summed E-state index contributed by atoms with van der Waals surface area (Å²) in [5.41, 5.74) is 1.48. The Morgan fingerprint density at radius 3 is 2.57 bits per heavy atom. The van der Waals surface area contributed by atoms with Crippen molar-refractivity contribution in [3.8, 4) is 0 Å². The number of hydrogen-bond donors (Lipinski definition) is 2. The van der Waals surface area contributed by atoms with E-state index in [4.69, 9.17) is 9.73 Å². The number of ether oxygens (including phenoxy) is 1. The zero-order chi connectivity index (χ0) is 21.2. The van der Waals surface area contributed by atoms with Crippen molar-refractivity contribution in [1.82, 2.24) is 20.5 Å². The summed E-state index contributed by atoms with van der Waals surface area (Å²) in [6, 6.07) is 4.29. The van der Waals surface area contributed by atoms with Gasteiger partial charge in [0.05, 0.1) is 6.54 Å². The Bertz CT molecular complexity index is 648. The van der Waals surface area contributed by atoms with Crippen LogP contribution in [0, 0.1) is 5.41 Å². The maximum absolute atomic E-state index is 5.36. The van der Waals surface area contributed by atoms with Gasteiger partial charge in [0.15, 0.2) is 5.96 Å². The van der Waals surface area contributed by atoms with E-state index in [9.17, 15) is 0 Å². The molecule has 3 rings (SSSR count). The first-order valence-electron chi connectivity index (χ1n) is 11.5. The number of pyridine rings is 1. The Morgan fingerprint density at radius 2 is 1.93 bits per heavy atom. The van der Waals surface area contributed by atoms with Crippen LogP contribution < -0.4 is 15.5 Å². The second-order valence-electron chi connectivity index (χ2n) is 8.81. The summed E-state index contributed by atoms with van der Waals surface area (Å²) in [6.45, 7) is 9.67. The summed E-state index contributed by atoms with van der Waals surface area (Å²) >= 11 is 0. The third-order valence-corrected chi connectivity index (χ3v) is 6.53. The maximum Gasteiger partial charge on any atom is 0.191 e. The van der Waals surface area contributed by atoms with E-state index in [2.05, 4.69) is 51.5 Å². The summed E-state index contributed by atoms with van der Waals surface area (Å²) in [6.07, 6.45) is 8.29. The normalized spacial score (nSPS) is 19.8. The molecule has 0 atom stereocenters. The molecule has 1 aromatic heterocycles. The number of methoxy groups -OCH3 is 1. The van der Waals surface area contributed by atoms with Crippen LogP contribution in [-0.2, 0) is 11.3 Å². The molecule has 0 spiro atoms. The Morgan fingerprint density at radius 1 is 1.17 bits per heavy atom. The molecule has 1 aliphatic heterocycles. The first-order valence-corrected chi connectivity index (χ1v) is 11.5. The van der Waals surface area contributed by atoms with Crippen LogP contribution in [0.15, 0.2) is 23.3 Å². The molecule has 0 radical (unpaired) electrons. The SMILES string of the molecule is CCNC(=NCc1ccc(N2CCN(C)CC2)nc1)NCC1(CCOC)CCCC1. The second kappa shape index (κ2) is 11.5. The highest BCUT2D eigenvalue weighted by Gasteiger charge is 2.33. The van der Waals surface area contributed by atoms with Gasteiger partial charge in [-0.3, -0.25) is 0 Å². The molecule has 2 N–H and O–H groups in total. The van der Waals surface area contributed by atoms with Crippen molar-refractivity contribution in [1.29, 1.82) is 0 Å². The van der Waals surface area contributed by atoms with Crippen molar-refractivity contribution >= 4 is 11.8 Å². The zero-order valence-corrected chi connectivity index (χ0v) is 19.1. The van der Waals surface area contributed by atoms with Crippen molar-refractivity contribution in [3.63, 3.8) is 0 Å². The van der Waals surface area contributed by atoms with E-state index >= 15 is 0 Å². The summed E-state index contributed by atoms with van der Waals surface area (Å²) in [4.78, 5) is 14.2. The molecule has 168 valence electrons. The number of anilines is 1. The molecule has 1 aliphatic carbocycles. The molecular weight excluding hydrogens is 376 g/mol. The number of guanidine groups is 1. The second-order valence-corrected chi connectivity index (χ2v) is 8.81. The minimum absolute atomic E-state index is 0.345. The lowest BCUT2D eigenvalue weighted by Crippen LogP contribution is -2.44. The van der Waals surface area contributed by atoms with Gasteiger partial charge in [0.25, 0.3) is 0 Å². The highest BCUT2D eigenvalue weighted by Crippen LogP contribution is 2.40. The average molecular weight is 417 g/mol. The van der Waals surface area contributed by atoms with Crippen LogP contribution in [0.5, 0.6) is 0 Å². The molecule has 7 nitrogen and oxygen atoms in total. The molecule has 2 fully saturated rings. The smallest absolute Gasteiger partial charge is 0.191 e. The predicted molar refractivity (Wildman–Crippen MR) is 124 cm³/mol. The molecule has 0 unspecified atom stereocenters. The molecular formula is C23H40N6O. The van der Waals surface area contributed by atoms with Crippen molar-refractivity contribution in [2.75, 3.05) is 64.9 Å². The minimum atomic E-state index is 0.345. The number of piperazine rings is 1. The van der Waals surface area contributed by atoms with Crippen molar-refractivity contribution in [2.24, 2.45) is 10.4 Å². The number of likely N-dealkylation sites (N-methyl/N-ethyl adjacent to an activating group) is 1. The van der Waals surface area contributed by atoms with E-state index in [0.29, 0.717) is 12.0 Å².